The highest BCUT2D eigenvalue weighted by Gasteiger charge is 2.18. The van der Waals surface area contributed by atoms with Gasteiger partial charge in [-0.05, 0) is 38.9 Å². The third-order valence-electron chi connectivity index (χ3n) is 4.14. The average molecular weight is 328 g/mol. The maximum absolute atomic E-state index is 3.78. The van der Waals surface area contributed by atoms with E-state index < -0.39 is 14.8 Å². The zero-order valence-corrected chi connectivity index (χ0v) is 16.8. The second kappa shape index (κ2) is 19.5. The van der Waals surface area contributed by atoms with Crippen molar-refractivity contribution in [2.24, 2.45) is 0 Å². The summed E-state index contributed by atoms with van der Waals surface area (Å²) in [5.74, 6) is 0. The molecule has 0 bridgehead atoms. The van der Waals surface area contributed by atoms with Crippen molar-refractivity contribution in [1.82, 2.24) is 12.9 Å². The molecule has 0 aliphatic rings. The molecule has 132 valence electrons. The summed E-state index contributed by atoms with van der Waals surface area (Å²) in [6, 6.07) is 0. The lowest BCUT2D eigenvalue weighted by Gasteiger charge is -2.16. The Hall–Kier alpha value is 0.412. The first-order valence-electron chi connectivity index (χ1n) is 10.0. The van der Waals surface area contributed by atoms with Crippen LogP contribution in [0, 0.1) is 0 Å². The zero-order valence-electron chi connectivity index (χ0n) is 15.7. The predicted octanol–water partition coefficient (Wildman–Crippen LogP) is 4.48. The van der Waals surface area contributed by atoms with Crippen molar-refractivity contribution < 1.29 is 0 Å². The van der Waals surface area contributed by atoms with Gasteiger partial charge in [-0.25, -0.2) is 0 Å². The molecule has 0 aromatic heterocycles. The summed E-state index contributed by atoms with van der Waals surface area (Å²) in [6.07, 6.45) is 16.2. The fraction of sp³-hybridized carbons (Fsp3) is 1.00. The maximum atomic E-state index is 3.78. The van der Waals surface area contributed by atoms with Crippen LogP contribution in [0.3, 0.4) is 0 Å². The summed E-state index contributed by atoms with van der Waals surface area (Å²) in [4.78, 5) is 0. The molecule has 3 nitrogen and oxygen atoms in total. The first-order valence-corrected chi connectivity index (χ1v) is 11.8. The van der Waals surface area contributed by atoms with Crippen molar-refractivity contribution in [3.05, 3.63) is 0 Å². The highest BCUT2D eigenvalue weighted by molar-refractivity contribution is 6.50. The molecule has 0 spiro atoms. The molecule has 0 rings (SSSR count). The van der Waals surface area contributed by atoms with E-state index in [1.165, 1.54) is 96.7 Å². The molecule has 0 saturated carbocycles. The highest BCUT2D eigenvalue weighted by atomic mass is 27.2. The molecule has 0 aliphatic carbocycles. The van der Waals surface area contributed by atoms with Crippen LogP contribution in [0.4, 0.5) is 0 Å². The summed E-state index contributed by atoms with van der Waals surface area (Å²) in [5, 5.41) is 0. The molecular weight excluding hydrogens is 285 g/mol. The lowest BCUT2D eigenvalue weighted by Crippen LogP contribution is -2.58. The zero-order chi connectivity index (χ0) is 16.3. The Morgan fingerprint density at radius 3 is 1.05 bits per heavy atom. The van der Waals surface area contributed by atoms with Gasteiger partial charge in [0.05, 0.1) is 0 Å². The predicted molar refractivity (Wildman–Crippen MR) is 102 cm³/mol. The van der Waals surface area contributed by atoms with E-state index in [1.54, 1.807) is 0 Å². The Morgan fingerprint density at radius 2 is 0.773 bits per heavy atom. The normalized spacial score (nSPS) is 11.0. The van der Waals surface area contributed by atoms with E-state index in [4.69, 9.17) is 0 Å². The van der Waals surface area contributed by atoms with Crippen LogP contribution < -0.4 is 12.9 Å². The van der Waals surface area contributed by atoms with Gasteiger partial charge in [-0.3, -0.25) is 0 Å². The molecule has 0 radical (unpaired) electrons. The fourth-order valence-electron chi connectivity index (χ4n) is 2.61. The molecule has 0 aromatic rings. The lowest BCUT2D eigenvalue weighted by atomic mass is 10.2. The molecule has 0 fully saturated rings. The molecule has 3 N–H and O–H groups in total. The van der Waals surface area contributed by atoms with Gasteiger partial charge in [0.15, 0.2) is 0 Å². The molecule has 4 heteroatoms. The monoisotopic (exact) mass is 327 g/mol. The van der Waals surface area contributed by atoms with Crippen LogP contribution in [-0.2, 0) is 0 Å². The topological polar surface area (TPSA) is 36.1 Å². The van der Waals surface area contributed by atoms with E-state index in [9.17, 15) is 0 Å². The van der Waals surface area contributed by atoms with E-state index in [-0.39, 0.29) is 0 Å². The van der Waals surface area contributed by atoms with Crippen molar-refractivity contribution in [2.45, 2.75) is 97.8 Å². The largest absolute Gasteiger partial charge is 0.600 e. The van der Waals surface area contributed by atoms with E-state index in [0.29, 0.717) is 0 Å². The van der Waals surface area contributed by atoms with Gasteiger partial charge in [-0.2, -0.15) is 0 Å². The van der Waals surface area contributed by atoms with E-state index >= 15 is 0 Å². The quantitative estimate of drug-likeness (QED) is 0.257. The van der Waals surface area contributed by atoms with Crippen molar-refractivity contribution in [2.75, 3.05) is 19.6 Å². The standard InChI is InChI=1S/3C6H14N.Al/c3*1-2-3-4-5-6-7;/h3*7H,2-6H2,1H3;/q3*-1;+3. The van der Waals surface area contributed by atoms with Gasteiger partial charge in [0.2, 0.25) is 0 Å². The number of nitrogens with one attached hydrogen (secondary N) is 3. The van der Waals surface area contributed by atoms with Crippen molar-refractivity contribution in [1.29, 1.82) is 0 Å². The Bertz CT molecular complexity index is 169. The van der Waals surface area contributed by atoms with Gasteiger partial charge in [-0.1, -0.05) is 78.6 Å². The molecule has 0 amide bonds. The molecule has 0 heterocycles. The Labute approximate surface area is 145 Å². The van der Waals surface area contributed by atoms with Gasteiger partial charge in [0.25, 0.3) is 0 Å². The van der Waals surface area contributed by atoms with Gasteiger partial charge in [0.1, 0.15) is 0 Å². The second-order valence-electron chi connectivity index (χ2n) is 6.48. The van der Waals surface area contributed by atoms with Crippen LogP contribution in [0.1, 0.15) is 97.8 Å². The Morgan fingerprint density at radius 1 is 0.455 bits per heavy atom. The summed E-state index contributed by atoms with van der Waals surface area (Å²) in [6.45, 7) is 10.4. The molecular formula is C18H42AlN3. The SMILES string of the molecule is CCCCCC[NH][Al]([NH]CCCCCC)[NH]CCCCCC. The third-order valence-corrected chi connectivity index (χ3v) is 6.23. The third kappa shape index (κ3) is 16.8. The molecule has 0 saturated heterocycles. The second-order valence-corrected chi connectivity index (χ2v) is 8.57. The number of hydrogen-bond donors (Lipinski definition) is 3. The fourth-order valence-corrected chi connectivity index (χ4v) is 4.52. The molecule has 0 aliphatic heterocycles. The smallest absolute Gasteiger partial charge is 0.371 e. The minimum absolute atomic E-state index is 1.14. The summed E-state index contributed by atoms with van der Waals surface area (Å²) < 4.78 is 11.3. The van der Waals surface area contributed by atoms with Crippen LogP contribution in [0.25, 0.3) is 0 Å². The molecule has 0 unspecified atom stereocenters. The average Bonchev–Trinajstić information content (AvgIpc) is 2.53. The van der Waals surface area contributed by atoms with Crippen LogP contribution in [0.15, 0.2) is 0 Å². The van der Waals surface area contributed by atoms with Gasteiger partial charge in [0, 0.05) is 0 Å². The van der Waals surface area contributed by atoms with Crippen LogP contribution in [0.2, 0.25) is 0 Å². The first kappa shape index (κ1) is 22.4. The molecule has 0 atom stereocenters. The summed E-state index contributed by atoms with van der Waals surface area (Å²) in [5.41, 5.74) is 0. The van der Waals surface area contributed by atoms with Crippen molar-refractivity contribution >= 4 is 14.8 Å². The van der Waals surface area contributed by atoms with Crippen LogP contribution >= 0.6 is 0 Å². The minimum atomic E-state index is -1.14. The van der Waals surface area contributed by atoms with Gasteiger partial charge in [-0.15, -0.1) is 0 Å². The van der Waals surface area contributed by atoms with E-state index in [0.717, 1.165) is 0 Å². The first-order chi connectivity index (χ1) is 10.8. The Kier molecular flexibility index (Phi) is 19.8. The number of unbranched alkanes of at least 4 members (excludes halogenated alkanes) is 9. The van der Waals surface area contributed by atoms with Crippen molar-refractivity contribution in [3.8, 4) is 0 Å². The summed E-state index contributed by atoms with van der Waals surface area (Å²) >= 11 is -1.14. The van der Waals surface area contributed by atoms with Gasteiger partial charge >= 0.3 is 14.8 Å². The molecule has 22 heavy (non-hydrogen) atoms. The number of rotatable bonds is 18. The maximum Gasteiger partial charge on any atom is 0.600 e. The summed E-state index contributed by atoms with van der Waals surface area (Å²) in [7, 11) is 0. The highest BCUT2D eigenvalue weighted by Crippen LogP contribution is 1.99. The lowest BCUT2D eigenvalue weighted by molar-refractivity contribution is 0.618. The van der Waals surface area contributed by atoms with E-state index in [1.807, 2.05) is 0 Å². The van der Waals surface area contributed by atoms with Gasteiger partial charge < -0.3 is 12.9 Å². The van der Waals surface area contributed by atoms with Crippen molar-refractivity contribution in [3.63, 3.8) is 0 Å². The molecule has 0 aromatic carbocycles. The minimum Gasteiger partial charge on any atom is -0.371 e. The Balaban J connectivity index is 3.72. The number of hydrogen-bond acceptors (Lipinski definition) is 3. The van der Waals surface area contributed by atoms with Crippen LogP contribution in [0.5, 0.6) is 0 Å². The van der Waals surface area contributed by atoms with E-state index in [2.05, 4.69) is 33.7 Å². The van der Waals surface area contributed by atoms with Crippen LogP contribution in [-0.4, -0.2) is 34.4 Å².